The summed E-state index contributed by atoms with van der Waals surface area (Å²) in [6.07, 6.45) is 4.73. The minimum Gasteiger partial charge on any atom is -0.440 e. The largest absolute Gasteiger partial charge is 0.440 e. The maximum Gasteiger partial charge on any atom is 0.255 e. The number of aromatic nitrogens is 1. The van der Waals surface area contributed by atoms with Crippen molar-refractivity contribution in [1.29, 1.82) is 0 Å². The minimum absolute atomic E-state index is 0.323. The molecule has 90 valence electrons. The molecule has 1 atom stereocenters. The number of thioether (sulfide) groups is 1. The van der Waals surface area contributed by atoms with Crippen molar-refractivity contribution < 1.29 is 9.21 Å². The first-order valence-electron chi connectivity index (χ1n) is 5.09. The highest BCUT2D eigenvalue weighted by Gasteiger charge is 2.27. The lowest BCUT2D eigenvalue weighted by molar-refractivity contribution is -0.123. The van der Waals surface area contributed by atoms with Crippen molar-refractivity contribution in [3.05, 3.63) is 12.5 Å². The van der Waals surface area contributed by atoms with Gasteiger partial charge >= 0.3 is 0 Å². The molecule has 0 aliphatic carbocycles. The molecule has 0 bridgehead atoms. The van der Waals surface area contributed by atoms with E-state index in [0.717, 1.165) is 12.2 Å². The number of rotatable bonds is 7. The van der Waals surface area contributed by atoms with Crippen LogP contribution < -0.4 is 11.1 Å². The third kappa shape index (κ3) is 3.53. The van der Waals surface area contributed by atoms with Crippen LogP contribution in [0.1, 0.15) is 19.8 Å². The van der Waals surface area contributed by atoms with Crippen LogP contribution in [-0.4, -0.2) is 29.2 Å². The van der Waals surface area contributed by atoms with Gasteiger partial charge in [0.05, 0.1) is 11.7 Å². The molecule has 16 heavy (non-hydrogen) atoms. The SMILES string of the molecule is CNC(C)(CCCSc1ncco1)C(N)=O. The summed E-state index contributed by atoms with van der Waals surface area (Å²) in [7, 11) is 1.74. The van der Waals surface area contributed by atoms with Gasteiger partial charge in [-0.2, -0.15) is 0 Å². The predicted octanol–water partition coefficient (Wildman–Crippen LogP) is 1.01. The quantitative estimate of drug-likeness (QED) is 0.552. The van der Waals surface area contributed by atoms with Crippen LogP contribution in [0.3, 0.4) is 0 Å². The van der Waals surface area contributed by atoms with E-state index in [-0.39, 0.29) is 5.91 Å². The van der Waals surface area contributed by atoms with Crippen molar-refractivity contribution in [3.63, 3.8) is 0 Å². The van der Waals surface area contributed by atoms with Gasteiger partial charge in [0.1, 0.15) is 6.26 Å². The Kier molecular flexibility index (Phi) is 4.82. The molecule has 6 heteroatoms. The van der Waals surface area contributed by atoms with Crippen LogP contribution in [0.4, 0.5) is 0 Å². The van der Waals surface area contributed by atoms with E-state index < -0.39 is 5.54 Å². The normalized spacial score (nSPS) is 14.6. The Morgan fingerprint density at radius 1 is 1.75 bits per heavy atom. The second kappa shape index (κ2) is 5.91. The second-order valence-corrected chi connectivity index (χ2v) is 4.74. The molecule has 1 rings (SSSR count). The van der Waals surface area contributed by atoms with Crippen LogP contribution in [0.25, 0.3) is 0 Å². The fourth-order valence-corrected chi connectivity index (χ4v) is 1.96. The molecule has 1 amide bonds. The summed E-state index contributed by atoms with van der Waals surface area (Å²) < 4.78 is 5.08. The van der Waals surface area contributed by atoms with E-state index in [4.69, 9.17) is 10.2 Å². The Morgan fingerprint density at radius 2 is 2.50 bits per heavy atom. The molecule has 1 aromatic rings. The van der Waals surface area contributed by atoms with Crippen molar-refractivity contribution in [2.75, 3.05) is 12.8 Å². The Balaban J connectivity index is 2.26. The van der Waals surface area contributed by atoms with Crippen molar-refractivity contribution in [2.24, 2.45) is 5.73 Å². The summed E-state index contributed by atoms with van der Waals surface area (Å²) in [5, 5.41) is 3.61. The molecule has 1 heterocycles. The van der Waals surface area contributed by atoms with Crippen LogP contribution >= 0.6 is 11.8 Å². The number of amides is 1. The average molecular weight is 243 g/mol. The lowest BCUT2D eigenvalue weighted by Gasteiger charge is -2.24. The topological polar surface area (TPSA) is 81.2 Å². The van der Waals surface area contributed by atoms with E-state index in [9.17, 15) is 4.79 Å². The third-order valence-corrected chi connectivity index (χ3v) is 3.49. The number of nitrogens with one attached hydrogen (secondary N) is 1. The summed E-state index contributed by atoms with van der Waals surface area (Å²) >= 11 is 1.53. The van der Waals surface area contributed by atoms with E-state index >= 15 is 0 Å². The standard InChI is InChI=1S/C10H17N3O2S/c1-10(12-2,8(11)14)4-3-7-16-9-13-5-6-15-9/h5-6,12H,3-4,7H2,1-2H3,(H2,11,14). The Bertz CT molecular complexity index is 329. The molecule has 0 aliphatic rings. The molecule has 5 nitrogen and oxygen atoms in total. The van der Waals surface area contributed by atoms with Crippen molar-refractivity contribution >= 4 is 17.7 Å². The van der Waals surface area contributed by atoms with Crippen LogP contribution in [0.5, 0.6) is 0 Å². The summed E-state index contributed by atoms with van der Waals surface area (Å²) in [6, 6.07) is 0. The molecule has 0 spiro atoms. The van der Waals surface area contributed by atoms with E-state index in [2.05, 4.69) is 10.3 Å². The number of primary amides is 1. The molecule has 0 saturated heterocycles. The van der Waals surface area contributed by atoms with Gasteiger partial charge in [-0.1, -0.05) is 11.8 Å². The number of carbonyl (C=O) groups is 1. The van der Waals surface area contributed by atoms with Crippen LogP contribution in [0, 0.1) is 0 Å². The minimum atomic E-state index is -0.628. The molecular weight excluding hydrogens is 226 g/mol. The van der Waals surface area contributed by atoms with E-state index in [1.54, 1.807) is 19.5 Å². The summed E-state index contributed by atoms with van der Waals surface area (Å²) in [5.41, 5.74) is 4.69. The Labute approximate surface area is 99.2 Å². The third-order valence-electron chi connectivity index (χ3n) is 2.55. The van der Waals surface area contributed by atoms with E-state index in [1.807, 2.05) is 6.92 Å². The monoisotopic (exact) mass is 243 g/mol. The highest BCUT2D eigenvalue weighted by molar-refractivity contribution is 7.99. The zero-order valence-electron chi connectivity index (χ0n) is 9.53. The number of oxazole rings is 1. The maximum atomic E-state index is 11.2. The Morgan fingerprint density at radius 3 is 3.00 bits per heavy atom. The van der Waals surface area contributed by atoms with Crippen LogP contribution in [0.15, 0.2) is 22.1 Å². The number of likely N-dealkylation sites (N-methyl/N-ethyl adjacent to an activating group) is 1. The number of hydrogen-bond acceptors (Lipinski definition) is 5. The molecule has 0 aromatic carbocycles. The van der Waals surface area contributed by atoms with Crippen molar-refractivity contribution in [3.8, 4) is 0 Å². The summed E-state index contributed by atoms with van der Waals surface area (Å²) in [4.78, 5) is 15.2. The zero-order valence-corrected chi connectivity index (χ0v) is 10.3. The predicted molar refractivity (Wildman–Crippen MR) is 63.1 cm³/mol. The molecule has 0 saturated carbocycles. The van der Waals surface area contributed by atoms with Gasteiger partial charge < -0.3 is 15.5 Å². The zero-order chi connectivity index (χ0) is 12.0. The molecule has 0 fully saturated rings. The van der Waals surface area contributed by atoms with Crippen molar-refractivity contribution in [2.45, 2.75) is 30.5 Å². The van der Waals surface area contributed by atoms with Gasteiger partial charge in [0, 0.05) is 5.75 Å². The molecule has 0 aliphatic heterocycles. The van der Waals surface area contributed by atoms with Crippen LogP contribution in [0.2, 0.25) is 0 Å². The van der Waals surface area contributed by atoms with Gasteiger partial charge in [-0.05, 0) is 26.8 Å². The van der Waals surface area contributed by atoms with Crippen LogP contribution in [-0.2, 0) is 4.79 Å². The first-order chi connectivity index (χ1) is 7.58. The Hall–Kier alpha value is -1.01. The smallest absolute Gasteiger partial charge is 0.255 e. The number of hydrogen-bond donors (Lipinski definition) is 2. The van der Waals surface area contributed by atoms with Gasteiger partial charge in [-0.25, -0.2) is 4.98 Å². The summed E-state index contributed by atoms with van der Waals surface area (Å²) in [5.74, 6) is 0.529. The molecule has 1 aromatic heterocycles. The van der Waals surface area contributed by atoms with Crippen molar-refractivity contribution in [1.82, 2.24) is 10.3 Å². The fraction of sp³-hybridized carbons (Fsp3) is 0.600. The lowest BCUT2D eigenvalue weighted by Crippen LogP contribution is -2.51. The van der Waals surface area contributed by atoms with Gasteiger partial charge in [0.2, 0.25) is 5.91 Å². The van der Waals surface area contributed by atoms with E-state index in [0.29, 0.717) is 11.6 Å². The molecule has 3 N–H and O–H groups in total. The highest BCUT2D eigenvalue weighted by atomic mass is 32.2. The maximum absolute atomic E-state index is 11.2. The van der Waals surface area contributed by atoms with Gasteiger partial charge in [0.25, 0.3) is 5.22 Å². The molecule has 0 radical (unpaired) electrons. The second-order valence-electron chi connectivity index (χ2n) is 3.70. The van der Waals surface area contributed by atoms with Gasteiger partial charge in [-0.3, -0.25) is 4.79 Å². The number of nitrogens with zero attached hydrogens (tertiary/aromatic N) is 1. The molecular formula is C10H17N3O2S. The van der Waals surface area contributed by atoms with Gasteiger partial charge in [-0.15, -0.1) is 0 Å². The lowest BCUT2D eigenvalue weighted by atomic mass is 9.96. The number of carbonyl (C=O) groups excluding carboxylic acids is 1. The highest BCUT2D eigenvalue weighted by Crippen LogP contribution is 2.19. The van der Waals surface area contributed by atoms with E-state index in [1.165, 1.54) is 11.8 Å². The molecule has 1 unspecified atom stereocenters. The fourth-order valence-electron chi connectivity index (χ4n) is 1.24. The average Bonchev–Trinajstić information content (AvgIpc) is 2.76. The van der Waals surface area contributed by atoms with Gasteiger partial charge in [0.15, 0.2) is 0 Å². The first-order valence-corrected chi connectivity index (χ1v) is 6.08. The number of nitrogens with two attached hydrogens (primary N) is 1. The summed E-state index contributed by atoms with van der Waals surface area (Å²) in [6.45, 7) is 1.81. The first kappa shape index (κ1) is 13.1.